The summed E-state index contributed by atoms with van der Waals surface area (Å²) in [5.41, 5.74) is 7.19. The van der Waals surface area contributed by atoms with Crippen LogP contribution in [0, 0.1) is 6.92 Å². The lowest BCUT2D eigenvalue weighted by Gasteiger charge is -2.14. The number of aryl methyl sites for hydroxylation is 1. The van der Waals surface area contributed by atoms with Crippen LogP contribution in [0.25, 0.3) is 0 Å². The highest BCUT2D eigenvalue weighted by molar-refractivity contribution is 6.31. The van der Waals surface area contributed by atoms with Gasteiger partial charge in [0.15, 0.2) is 0 Å². The van der Waals surface area contributed by atoms with Crippen molar-refractivity contribution in [3.05, 3.63) is 34.3 Å². The van der Waals surface area contributed by atoms with Crippen molar-refractivity contribution in [1.29, 1.82) is 0 Å². The zero-order valence-electron chi connectivity index (χ0n) is 8.81. The molecule has 16 heavy (non-hydrogen) atoms. The minimum absolute atomic E-state index is 0.107. The Balaban J connectivity index is 2.66. The van der Waals surface area contributed by atoms with Gasteiger partial charge in [-0.15, -0.1) is 0 Å². The maximum Gasteiger partial charge on any atom is 0.389 e. The van der Waals surface area contributed by atoms with Gasteiger partial charge in [-0.05, 0) is 30.5 Å². The molecule has 0 spiro atoms. The van der Waals surface area contributed by atoms with Crippen molar-refractivity contribution in [3.63, 3.8) is 0 Å². The second-order valence-corrected chi connectivity index (χ2v) is 4.18. The Hall–Kier alpha value is -0.740. The van der Waals surface area contributed by atoms with Crippen LogP contribution in [0.5, 0.6) is 0 Å². The van der Waals surface area contributed by atoms with Crippen molar-refractivity contribution in [3.8, 4) is 0 Å². The smallest absolute Gasteiger partial charge is 0.324 e. The third kappa shape index (κ3) is 4.02. The fraction of sp³-hybridized carbons (Fsp3) is 0.455. The van der Waals surface area contributed by atoms with Crippen LogP contribution in [0.15, 0.2) is 18.2 Å². The molecule has 0 saturated carbocycles. The van der Waals surface area contributed by atoms with Gasteiger partial charge in [0.1, 0.15) is 0 Å². The molecule has 2 N–H and O–H groups in total. The minimum Gasteiger partial charge on any atom is -0.324 e. The minimum atomic E-state index is -4.15. The zero-order valence-corrected chi connectivity index (χ0v) is 9.57. The molecule has 0 aliphatic heterocycles. The predicted molar refractivity (Wildman–Crippen MR) is 58.4 cm³/mol. The van der Waals surface area contributed by atoms with Crippen LogP contribution in [0.2, 0.25) is 5.02 Å². The molecule has 0 aromatic heterocycles. The van der Waals surface area contributed by atoms with E-state index >= 15 is 0 Å². The van der Waals surface area contributed by atoms with Gasteiger partial charge in [0.2, 0.25) is 0 Å². The van der Waals surface area contributed by atoms with Crippen molar-refractivity contribution in [2.75, 3.05) is 0 Å². The summed E-state index contributed by atoms with van der Waals surface area (Å²) in [6.07, 6.45) is -5.13. The van der Waals surface area contributed by atoms with Gasteiger partial charge in [0, 0.05) is 17.5 Å². The molecule has 0 fully saturated rings. The van der Waals surface area contributed by atoms with Crippen molar-refractivity contribution >= 4 is 11.6 Å². The van der Waals surface area contributed by atoms with E-state index in [0.717, 1.165) is 5.56 Å². The molecule has 1 atom stereocenters. The van der Waals surface area contributed by atoms with Crippen LogP contribution in [0.3, 0.4) is 0 Å². The summed E-state index contributed by atoms with van der Waals surface area (Å²) in [5, 5.41) is 0.590. The topological polar surface area (TPSA) is 26.0 Å². The van der Waals surface area contributed by atoms with Gasteiger partial charge in [-0.3, -0.25) is 0 Å². The molecule has 1 unspecified atom stereocenters. The average molecular weight is 252 g/mol. The van der Waals surface area contributed by atoms with Crippen molar-refractivity contribution in [2.24, 2.45) is 5.73 Å². The molecule has 1 nitrogen and oxygen atoms in total. The number of nitrogens with two attached hydrogens (primary N) is 1. The van der Waals surface area contributed by atoms with E-state index in [4.69, 9.17) is 17.3 Å². The highest BCUT2D eigenvalue weighted by Crippen LogP contribution is 2.27. The maximum atomic E-state index is 12.0. The molecule has 1 aromatic rings. The number of benzene rings is 1. The van der Waals surface area contributed by atoms with Crippen LogP contribution in [-0.2, 0) is 0 Å². The lowest BCUT2D eigenvalue weighted by atomic mass is 10.0. The van der Waals surface area contributed by atoms with Crippen LogP contribution in [0.1, 0.15) is 30.0 Å². The molecule has 0 heterocycles. The second-order valence-electron chi connectivity index (χ2n) is 3.77. The Morgan fingerprint density at radius 1 is 1.38 bits per heavy atom. The Labute approximate surface area is 97.4 Å². The summed E-state index contributed by atoms with van der Waals surface area (Å²) in [7, 11) is 0. The number of rotatable bonds is 3. The van der Waals surface area contributed by atoms with Crippen molar-refractivity contribution < 1.29 is 13.2 Å². The Kier molecular flexibility index (Phi) is 4.21. The van der Waals surface area contributed by atoms with Gasteiger partial charge >= 0.3 is 6.18 Å². The van der Waals surface area contributed by atoms with E-state index in [-0.39, 0.29) is 6.42 Å². The largest absolute Gasteiger partial charge is 0.389 e. The van der Waals surface area contributed by atoms with Crippen molar-refractivity contribution in [1.82, 2.24) is 0 Å². The second kappa shape index (κ2) is 5.06. The van der Waals surface area contributed by atoms with E-state index in [1.165, 1.54) is 0 Å². The van der Waals surface area contributed by atoms with E-state index in [9.17, 15) is 13.2 Å². The third-order valence-corrected chi connectivity index (χ3v) is 2.77. The summed E-state index contributed by atoms with van der Waals surface area (Å²) in [5.74, 6) is 0. The molecule has 0 aliphatic carbocycles. The molecule has 0 saturated heterocycles. The highest BCUT2D eigenvalue weighted by atomic mass is 35.5. The van der Waals surface area contributed by atoms with Crippen molar-refractivity contribution in [2.45, 2.75) is 32.0 Å². The number of halogens is 4. The molecule has 0 radical (unpaired) electrons. The third-order valence-electron chi connectivity index (χ3n) is 2.35. The summed E-state index contributed by atoms with van der Waals surface area (Å²) in [4.78, 5) is 0. The summed E-state index contributed by atoms with van der Waals surface area (Å²) in [6, 6.07) is 4.44. The predicted octanol–water partition coefficient (Wildman–Crippen LogP) is 3.99. The van der Waals surface area contributed by atoms with Gasteiger partial charge in [-0.2, -0.15) is 13.2 Å². The first-order valence-electron chi connectivity index (χ1n) is 4.88. The molecular formula is C11H13ClF3N. The summed E-state index contributed by atoms with van der Waals surface area (Å²) < 4.78 is 36.0. The van der Waals surface area contributed by atoms with Crippen LogP contribution < -0.4 is 5.73 Å². The van der Waals surface area contributed by atoms with Crippen LogP contribution in [0.4, 0.5) is 13.2 Å². The highest BCUT2D eigenvalue weighted by Gasteiger charge is 2.27. The molecule has 0 amide bonds. The molecule has 0 aliphatic rings. The number of alkyl halides is 3. The van der Waals surface area contributed by atoms with Gasteiger partial charge in [-0.1, -0.05) is 23.7 Å². The van der Waals surface area contributed by atoms with E-state index in [1.54, 1.807) is 25.1 Å². The molecule has 1 aromatic carbocycles. The Morgan fingerprint density at radius 2 is 2.00 bits per heavy atom. The fourth-order valence-corrected chi connectivity index (χ4v) is 1.50. The molecule has 90 valence electrons. The Bertz CT molecular complexity index is 363. The zero-order chi connectivity index (χ0) is 12.3. The first-order chi connectivity index (χ1) is 7.29. The number of hydrogen-bond acceptors (Lipinski definition) is 1. The van der Waals surface area contributed by atoms with E-state index in [2.05, 4.69) is 0 Å². The summed E-state index contributed by atoms with van der Waals surface area (Å²) in [6.45, 7) is 1.79. The lowest BCUT2D eigenvalue weighted by molar-refractivity contribution is -0.136. The molecule has 0 bridgehead atoms. The quantitative estimate of drug-likeness (QED) is 0.864. The van der Waals surface area contributed by atoms with Crippen LogP contribution in [-0.4, -0.2) is 6.18 Å². The van der Waals surface area contributed by atoms with Gasteiger partial charge in [0.25, 0.3) is 0 Å². The van der Waals surface area contributed by atoms with E-state index in [0.29, 0.717) is 10.6 Å². The van der Waals surface area contributed by atoms with E-state index < -0.39 is 18.6 Å². The normalized spacial score (nSPS) is 13.9. The van der Waals surface area contributed by atoms with Gasteiger partial charge in [0.05, 0.1) is 0 Å². The lowest BCUT2D eigenvalue weighted by Crippen LogP contribution is -2.15. The molecular weight excluding hydrogens is 239 g/mol. The maximum absolute atomic E-state index is 12.0. The fourth-order valence-electron chi connectivity index (χ4n) is 1.38. The monoisotopic (exact) mass is 251 g/mol. The molecule has 5 heteroatoms. The first-order valence-corrected chi connectivity index (χ1v) is 5.26. The Morgan fingerprint density at radius 3 is 2.50 bits per heavy atom. The first kappa shape index (κ1) is 13.3. The number of hydrogen-bond donors (Lipinski definition) is 1. The average Bonchev–Trinajstić information content (AvgIpc) is 2.17. The van der Waals surface area contributed by atoms with Crippen LogP contribution >= 0.6 is 11.6 Å². The van der Waals surface area contributed by atoms with Gasteiger partial charge < -0.3 is 5.73 Å². The van der Waals surface area contributed by atoms with E-state index in [1.807, 2.05) is 0 Å². The standard InChI is InChI=1S/C11H13ClF3N/c1-7-6-8(2-3-9(7)12)10(16)4-5-11(13,14)15/h2-3,6,10H,4-5,16H2,1H3. The van der Waals surface area contributed by atoms with Gasteiger partial charge in [-0.25, -0.2) is 0 Å². The SMILES string of the molecule is Cc1cc(C(N)CCC(F)(F)F)ccc1Cl. The summed E-state index contributed by atoms with van der Waals surface area (Å²) >= 11 is 5.81. The molecule has 1 rings (SSSR count).